The number of carbonyl (C=O) groups excluding carboxylic acids is 1. The number of rotatable bonds is 5. The van der Waals surface area contributed by atoms with E-state index in [1.165, 1.54) is 11.8 Å². The molecule has 0 aliphatic heterocycles. The zero-order chi connectivity index (χ0) is 14.7. The Balaban J connectivity index is 1.83. The highest BCUT2D eigenvalue weighted by Crippen LogP contribution is 2.13. The minimum absolute atomic E-state index is 0.0835. The fourth-order valence-corrected chi connectivity index (χ4v) is 2.58. The third kappa shape index (κ3) is 3.19. The van der Waals surface area contributed by atoms with Crippen LogP contribution < -0.4 is 5.32 Å². The van der Waals surface area contributed by atoms with Gasteiger partial charge in [0.1, 0.15) is 5.82 Å². The van der Waals surface area contributed by atoms with Gasteiger partial charge < -0.3 is 5.32 Å². The van der Waals surface area contributed by atoms with Crippen molar-refractivity contribution in [1.29, 1.82) is 0 Å². The second-order valence-corrected chi connectivity index (χ2v) is 5.54. The van der Waals surface area contributed by atoms with Gasteiger partial charge in [0, 0.05) is 25.0 Å². The summed E-state index contributed by atoms with van der Waals surface area (Å²) < 4.78 is 1.72. The predicted molar refractivity (Wildman–Crippen MR) is 76.9 cm³/mol. The van der Waals surface area contributed by atoms with Crippen LogP contribution in [-0.2, 0) is 7.05 Å². The van der Waals surface area contributed by atoms with Crippen molar-refractivity contribution in [2.24, 2.45) is 7.05 Å². The summed E-state index contributed by atoms with van der Waals surface area (Å²) in [5.74, 6) is 1.43. The Morgan fingerprint density at radius 1 is 1.40 bits per heavy atom. The van der Waals surface area contributed by atoms with Crippen LogP contribution in [0, 0.1) is 20.8 Å². The number of H-pyrrole nitrogens is 1. The van der Waals surface area contributed by atoms with Gasteiger partial charge in [0.05, 0.1) is 11.3 Å². The van der Waals surface area contributed by atoms with Crippen LogP contribution in [-0.4, -0.2) is 43.2 Å². The average molecular weight is 294 g/mol. The Kier molecular flexibility index (Phi) is 4.43. The Morgan fingerprint density at radius 2 is 2.15 bits per heavy atom. The molecular formula is C12H18N6OS. The third-order valence-electron chi connectivity index (χ3n) is 2.93. The monoisotopic (exact) mass is 294 g/mol. The van der Waals surface area contributed by atoms with E-state index >= 15 is 0 Å². The first-order valence-corrected chi connectivity index (χ1v) is 7.27. The number of hydrogen-bond acceptors (Lipinski definition) is 5. The van der Waals surface area contributed by atoms with Gasteiger partial charge >= 0.3 is 0 Å². The minimum atomic E-state index is -0.0835. The molecule has 0 fully saturated rings. The van der Waals surface area contributed by atoms with E-state index in [0.717, 1.165) is 23.0 Å². The molecule has 0 aliphatic carbocycles. The van der Waals surface area contributed by atoms with Gasteiger partial charge in [0.15, 0.2) is 0 Å². The molecule has 0 radical (unpaired) electrons. The number of aromatic amines is 1. The molecular weight excluding hydrogens is 276 g/mol. The lowest BCUT2D eigenvalue weighted by Crippen LogP contribution is -2.26. The van der Waals surface area contributed by atoms with Gasteiger partial charge in [0.2, 0.25) is 5.16 Å². The van der Waals surface area contributed by atoms with Gasteiger partial charge in [-0.05, 0) is 20.8 Å². The zero-order valence-electron chi connectivity index (χ0n) is 12.0. The molecule has 0 spiro atoms. The van der Waals surface area contributed by atoms with Crippen LogP contribution in [0.2, 0.25) is 0 Å². The second kappa shape index (κ2) is 6.08. The van der Waals surface area contributed by atoms with E-state index < -0.39 is 0 Å². The van der Waals surface area contributed by atoms with E-state index in [2.05, 4.69) is 25.6 Å². The number of nitrogens with one attached hydrogen (secondary N) is 2. The summed E-state index contributed by atoms with van der Waals surface area (Å²) in [4.78, 5) is 16.3. The first-order chi connectivity index (χ1) is 9.49. The van der Waals surface area contributed by atoms with Crippen molar-refractivity contribution in [1.82, 2.24) is 30.3 Å². The van der Waals surface area contributed by atoms with Gasteiger partial charge in [-0.2, -0.15) is 5.10 Å². The summed E-state index contributed by atoms with van der Waals surface area (Å²) in [6.07, 6.45) is 0. The molecule has 1 amide bonds. The first kappa shape index (κ1) is 14.6. The van der Waals surface area contributed by atoms with Crippen molar-refractivity contribution in [3.8, 4) is 0 Å². The number of hydrogen-bond donors (Lipinski definition) is 2. The molecule has 7 nitrogen and oxygen atoms in total. The molecule has 0 atom stereocenters. The van der Waals surface area contributed by atoms with Crippen LogP contribution in [0.4, 0.5) is 0 Å². The standard InChI is InChI=1S/C12H18N6OS/c1-7-10(8(2)18(4)17-7)11(19)13-5-6-20-12-14-9(3)15-16-12/h5-6H2,1-4H3,(H,13,19)(H,14,15,16). The molecule has 2 heterocycles. The number of amides is 1. The fourth-order valence-electron chi connectivity index (χ4n) is 1.88. The molecule has 2 aromatic heterocycles. The SMILES string of the molecule is Cc1nc(SCCNC(=O)c2c(C)nn(C)c2C)n[nH]1. The molecule has 2 N–H and O–H groups in total. The van der Waals surface area contributed by atoms with Crippen molar-refractivity contribution in [2.45, 2.75) is 25.9 Å². The lowest BCUT2D eigenvalue weighted by atomic mass is 10.2. The quantitative estimate of drug-likeness (QED) is 0.634. The molecule has 2 aromatic rings. The number of nitrogens with zero attached hydrogens (tertiary/aromatic N) is 4. The molecule has 8 heteroatoms. The summed E-state index contributed by atoms with van der Waals surface area (Å²) in [6, 6.07) is 0. The largest absolute Gasteiger partial charge is 0.351 e. The van der Waals surface area contributed by atoms with Crippen LogP contribution in [0.1, 0.15) is 27.6 Å². The van der Waals surface area contributed by atoms with Gasteiger partial charge in [-0.15, -0.1) is 5.10 Å². The normalized spacial score (nSPS) is 10.8. The Morgan fingerprint density at radius 3 is 2.70 bits per heavy atom. The lowest BCUT2D eigenvalue weighted by Gasteiger charge is -2.04. The van der Waals surface area contributed by atoms with E-state index in [9.17, 15) is 4.79 Å². The zero-order valence-corrected chi connectivity index (χ0v) is 12.8. The van der Waals surface area contributed by atoms with Gasteiger partial charge in [-0.3, -0.25) is 14.6 Å². The van der Waals surface area contributed by atoms with Crippen molar-refractivity contribution in [3.63, 3.8) is 0 Å². The molecule has 0 bridgehead atoms. The van der Waals surface area contributed by atoms with E-state index in [4.69, 9.17) is 0 Å². The maximum atomic E-state index is 12.1. The van der Waals surface area contributed by atoms with E-state index in [1.54, 1.807) is 4.68 Å². The minimum Gasteiger partial charge on any atom is -0.351 e. The maximum Gasteiger partial charge on any atom is 0.255 e. The number of aromatic nitrogens is 5. The van der Waals surface area contributed by atoms with Crippen molar-refractivity contribution in [3.05, 3.63) is 22.8 Å². The summed E-state index contributed by atoms with van der Waals surface area (Å²) in [7, 11) is 1.83. The summed E-state index contributed by atoms with van der Waals surface area (Å²) in [6.45, 7) is 6.14. The molecule has 0 unspecified atom stereocenters. The number of carbonyl (C=O) groups is 1. The maximum absolute atomic E-state index is 12.1. The van der Waals surface area contributed by atoms with Gasteiger partial charge in [0.25, 0.3) is 5.91 Å². The summed E-state index contributed by atoms with van der Waals surface area (Å²) in [5, 5.41) is 14.6. The predicted octanol–water partition coefficient (Wildman–Crippen LogP) is 0.986. The van der Waals surface area contributed by atoms with Crippen molar-refractivity contribution < 1.29 is 4.79 Å². The molecule has 0 saturated carbocycles. The van der Waals surface area contributed by atoms with Crippen LogP contribution in [0.25, 0.3) is 0 Å². The summed E-state index contributed by atoms with van der Waals surface area (Å²) in [5.41, 5.74) is 2.28. The molecule has 0 aliphatic rings. The number of thioether (sulfide) groups is 1. The summed E-state index contributed by atoms with van der Waals surface area (Å²) >= 11 is 1.50. The molecule has 20 heavy (non-hydrogen) atoms. The van der Waals surface area contributed by atoms with E-state index in [1.807, 2.05) is 27.8 Å². The van der Waals surface area contributed by atoms with Crippen molar-refractivity contribution in [2.75, 3.05) is 12.3 Å². The van der Waals surface area contributed by atoms with Crippen LogP contribution in [0.5, 0.6) is 0 Å². The Bertz CT molecular complexity index is 617. The third-order valence-corrected chi connectivity index (χ3v) is 3.78. The first-order valence-electron chi connectivity index (χ1n) is 6.29. The molecule has 0 saturated heterocycles. The highest BCUT2D eigenvalue weighted by molar-refractivity contribution is 7.99. The van der Waals surface area contributed by atoms with E-state index in [-0.39, 0.29) is 5.91 Å². The molecule has 2 rings (SSSR count). The fraction of sp³-hybridized carbons (Fsp3) is 0.500. The van der Waals surface area contributed by atoms with Crippen LogP contribution >= 0.6 is 11.8 Å². The van der Waals surface area contributed by atoms with E-state index in [0.29, 0.717) is 17.3 Å². The molecule has 108 valence electrons. The Hall–Kier alpha value is -1.83. The number of aryl methyl sites for hydroxylation is 3. The van der Waals surface area contributed by atoms with Crippen LogP contribution in [0.15, 0.2) is 5.16 Å². The van der Waals surface area contributed by atoms with Gasteiger partial charge in [-0.1, -0.05) is 11.8 Å². The second-order valence-electron chi connectivity index (χ2n) is 4.48. The van der Waals surface area contributed by atoms with Gasteiger partial charge in [-0.25, -0.2) is 4.98 Å². The highest BCUT2D eigenvalue weighted by Gasteiger charge is 2.16. The average Bonchev–Trinajstić information content (AvgIpc) is 2.90. The highest BCUT2D eigenvalue weighted by atomic mass is 32.2. The smallest absolute Gasteiger partial charge is 0.255 e. The van der Waals surface area contributed by atoms with Crippen LogP contribution in [0.3, 0.4) is 0 Å². The molecule has 0 aromatic carbocycles. The topological polar surface area (TPSA) is 88.5 Å². The lowest BCUT2D eigenvalue weighted by molar-refractivity contribution is 0.0955. The van der Waals surface area contributed by atoms with Crippen molar-refractivity contribution >= 4 is 17.7 Å². The Labute approximate surface area is 121 Å².